The molecule has 2 bridgehead atoms. The van der Waals surface area contributed by atoms with Gasteiger partial charge in [0.1, 0.15) is 0 Å². The van der Waals surface area contributed by atoms with Gasteiger partial charge in [0.05, 0.1) is 0 Å². The molecule has 5 fully saturated rings. The van der Waals surface area contributed by atoms with E-state index < -0.39 is 0 Å². The van der Waals surface area contributed by atoms with Gasteiger partial charge in [-0.15, -0.1) is 0 Å². The van der Waals surface area contributed by atoms with Crippen LogP contribution in [0.3, 0.4) is 0 Å². The van der Waals surface area contributed by atoms with Gasteiger partial charge in [-0.3, -0.25) is 0 Å². The van der Waals surface area contributed by atoms with Gasteiger partial charge in [0.2, 0.25) is 0 Å². The SMILES string of the molecule is N#CC1CCCN1C(=O)C[AsH]C12CCC([AsH]CC(=O)N3CCCC3C#N)(CC1)CC2. The van der Waals surface area contributed by atoms with Crippen LogP contribution in [-0.4, -0.2) is 78.3 Å². The van der Waals surface area contributed by atoms with Crippen molar-refractivity contribution in [3.8, 4) is 12.1 Å². The van der Waals surface area contributed by atoms with Crippen molar-refractivity contribution in [3.63, 3.8) is 0 Å². The Morgan fingerprint density at radius 3 is 1.47 bits per heavy atom. The van der Waals surface area contributed by atoms with Gasteiger partial charge in [0.15, 0.2) is 0 Å². The van der Waals surface area contributed by atoms with Crippen LogP contribution < -0.4 is 0 Å². The summed E-state index contributed by atoms with van der Waals surface area (Å²) in [5.41, 5.74) is 0. The first-order chi connectivity index (χ1) is 14.5. The van der Waals surface area contributed by atoms with Gasteiger partial charge in [-0.25, -0.2) is 0 Å². The molecule has 0 radical (unpaired) electrons. The first-order valence-electron chi connectivity index (χ1n) is 11.4. The predicted molar refractivity (Wildman–Crippen MR) is 118 cm³/mol. The van der Waals surface area contributed by atoms with Crippen LogP contribution in [0.1, 0.15) is 64.2 Å². The fourth-order valence-corrected chi connectivity index (χ4v) is 12.7. The van der Waals surface area contributed by atoms with Gasteiger partial charge in [-0.05, 0) is 0 Å². The third-order valence-electron chi connectivity index (χ3n) is 7.92. The van der Waals surface area contributed by atoms with Gasteiger partial charge in [0.25, 0.3) is 0 Å². The zero-order chi connectivity index (χ0) is 21.2. The summed E-state index contributed by atoms with van der Waals surface area (Å²) >= 11 is -0.690. The first-order valence-corrected chi connectivity index (χ1v) is 16.4. The van der Waals surface area contributed by atoms with Crippen molar-refractivity contribution in [3.05, 3.63) is 0 Å². The molecule has 0 aromatic carbocycles. The van der Waals surface area contributed by atoms with E-state index in [4.69, 9.17) is 0 Å². The normalized spacial score (nSPS) is 36.1. The van der Waals surface area contributed by atoms with Crippen molar-refractivity contribution in [1.82, 2.24) is 9.80 Å². The molecule has 2 saturated heterocycles. The molecule has 0 N–H and O–H groups in total. The van der Waals surface area contributed by atoms with Gasteiger partial charge < -0.3 is 0 Å². The monoisotopic (exact) mass is 534 g/mol. The molecule has 8 heteroatoms. The van der Waals surface area contributed by atoms with E-state index in [0.29, 0.717) is 18.8 Å². The maximum absolute atomic E-state index is 12.7. The van der Waals surface area contributed by atoms with Crippen molar-refractivity contribution in [2.75, 3.05) is 13.1 Å². The minimum atomic E-state index is -0.345. The zero-order valence-electron chi connectivity index (χ0n) is 17.7. The molecule has 2 aliphatic heterocycles. The third kappa shape index (κ3) is 4.47. The van der Waals surface area contributed by atoms with Crippen LogP contribution in [0.15, 0.2) is 0 Å². The minimum absolute atomic E-state index is 0.189. The van der Waals surface area contributed by atoms with E-state index in [1.807, 2.05) is 9.80 Å². The number of fused-ring (bicyclic) bond motifs is 3. The number of nitriles is 2. The molecule has 30 heavy (non-hydrogen) atoms. The fraction of sp³-hybridized carbons (Fsp3) is 0.818. The topological polar surface area (TPSA) is 88.2 Å². The average molecular weight is 534 g/mol. The Morgan fingerprint density at radius 2 is 1.13 bits per heavy atom. The Balaban J connectivity index is 1.25. The van der Waals surface area contributed by atoms with Crippen molar-refractivity contribution >= 4 is 43.3 Å². The maximum atomic E-state index is 12.7. The second kappa shape index (κ2) is 9.26. The van der Waals surface area contributed by atoms with Gasteiger partial charge in [-0.1, -0.05) is 0 Å². The fourth-order valence-electron chi connectivity index (χ4n) is 5.84. The van der Waals surface area contributed by atoms with Crippen LogP contribution in [0.25, 0.3) is 0 Å². The summed E-state index contributed by atoms with van der Waals surface area (Å²) in [6.07, 6.45) is 11.1. The van der Waals surface area contributed by atoms with Crippen molar-refractivity contribution in [1.29, 1.82) is 10.5 Å². The molecule has 0 aromatic heterocycles. The van der Waals surface area contributed by atoms with Crippen molar-refractivity contribution in [2.45, 2.75) is 95.1 Å². The molecule has 6 nitrogen and oxygen atoms in total. The molecule has 0 spiro atoms. The first kappa shape index (κ1) is 22.2. The summed E-state index contributed by atoms with van der Waals surface area (Å²) < 4.78 is 0.882. The molecule has 5 aliphatic rings. The molecular weight excluding hydrogens is 502 g/mol. The molecular formula is C22H32As2N4O2. The second-order valence-corrected chi connectivity index (χ2v) is 16.9. The summed E-state index contributed by atoms with van der Waals surface area (Å²) in [5, 5.41) is 19.9. The summed E-state index contributed by atoms with van der Waals surface area (Å²) in [6, 6.07) is 4.21. The van der Waals surface area contributed by atoms with E-state index in [0.717, 1.165) is 38.8 Å². The van der Waals surface area contributed by atoms with Crippen LogP contribution in [0.2, 0.25) is 18.8 Å². The van der Waals surface area contributed by atoms with E-state index in [-0.39, 0.29) is 55.4 Å². The van der Waals surface area contributed by atoms with Crippen LogP contribution in [0, 0.1) is 22.7 Å². The van der Waals surface area contributed by atoms with Gasteiger partial charge >= 0.3 is 194 Å². The summed E-state index contributed by atoms with van der Waals surface area (Å²) in [7, 11) is 0. The summed E-state index contributed by atoms with van der Waals surface area (Å²) in [5.74, 6) is 0.458. The van der Waals surface area contributed by atoms with Crippen LogP contribution >= 0.6 is 0 Å². The quantitative estimate of drug-likeness (QED) is 0.490. The molecule has 2 heterocycles. The molecule has 162 valence electrons. The number of likely N-dealkylation sites (tertiary alicyclic amines) is 2. The van der Waals surface area contributed by atoms with E-state index in [9.17, 15) is 20.1 Å². The molecule has 3 saturated carbocycles. The molecule has 4 unspecified atom stereocenters. The van der Waals surface area contributed by atoms with E-state index in [1.165, 1.54) is 38.5 Å². The molecule has 2 amide bonds. The van der Waals surface area contributed by atoms with Crippen LogP contribution in [0.4, 0.5) is 0 Å². The predicted octanol–water partition coefficient (Wildman–Crippen LogP) is 2.41. The zero-order valence-corrected chi connectivity index (χ0v) is 21.9. The van der Waals surface area contributed by atoms with Crippen molar-refractivity contribution < 1.29 is 9.59 Å². The van der Waals surface area contributed by atoms with E-state index >= 15 is 0 Å². The Morgan fingerprint density at radius 1 is 0.767 bits per heavy atom. The molecule has 4 atom stereocenters. The molecule has 3 aliphatic carbocycles. The van der Waals surface area contributed by atoms with E-state index in [2.05, 4.69) is 12.1 Å². The number of hydrogen-bond acceptors (Lipinski definition) is 4. The number of carbonyl (C=O) groups is 2. The third-order valence-corrected chi connectivity index (χ3v) is 16.2. The number of carbonyl (C=O) groups excluding carboxylic acids is 2. The van der Waals surface area contributed by atoms with E-state index in [1.54, 1.807) is 0 Å². The van der Waals surface area contributed by atoms with Gasteiger partial charge in [-0.2, -0.15) is 0 Å². The van der Waals surface area contributed by atoms with Gasteiger partial charge in [0, 0.05) is 0 Å². The van der Waals surface area contributed by atoms with Crippen LogP contribution in [-0.2, 0) is 9.59 Å². The summed E-state index contributed by atoms with van der Waals surface area (Å²) in [4.78, 5) is 29.1. The number of nitrogens with zero attached hydrogens (tertiary/aromatic N) is 4. The summed E-state index contributed by atoms with van der Waals surface area (Å²) in [6.45, 7) is 1.53. The molecule has 0 aromatic rings. The Kier molecular flexibility index (Phi) is 6.87. The molecule has 5 rings (SSSR count). The van der Waals surface area contributed by atoms with Crippen LogP contribution in [0.5, 0.6) is 0 Å². The Hall–Kier alpha value is -0.963. The number of amides is 2. The second-order valence-electron chi connectivity index (χ2n) is 9.52. The Bertz CT molecular complexity index is 686. The average Bonchev–Trinajstić information content (AvgIpc) is 3.46. The Labute approximate surface area is 193 Å². The number of hydrogen-bond donors (Lipinski definition) is 0. The number of rotatable bonds is 6. The standard InChI is InChI=1S/C22H32As2N4O2/c25-15-17-3-1-11-27(17)19(29)13-23-21-5-8-22(9-6-21,10-7-21)24-14-20(30)28-12-2-4-18(28)16-26/h17-18,23-24H,1-14H2. The van der Waals surface area contributed by atoms with Crippen molar-refractivity contribution in [2.24, 2.45) is 0 Å².